The van der Waals surface area contributed by atoms with Gasteiger partial charge in [0.2, 0.25) is 0 Å². The standard InChI is InChI=1S/C14H18BrF3N2O/c1-13(2,7-19)8-20(3)12(21)9-4-5-11(15)10(6-9)14(16,17)18/h4-6H,7-8,19H2,1-3H3. The Kier molecular flexibility index (Phi) is 5.44. The molecule has 0 fully saturated rings. The molecular formula is C14H18BrF3N2O. The van der Waals surface area contributed by atoms with Crippen LogP contribution in [0.25, 0.3) is 0 Å². The average molecular weight is 367 g/mol. The van der Waals surface area contributed by atoms with Crippen LogP contribution >= 0.6 is 15.9 Å². The monoisotopic (exact) mass is 366 g/mol. The molecule has 0 atom stereocenters. The molecular weight excluding hydrogens is 349 g/mol. The molecule has 1 rings (SSSR count). The zero-order valence-corrected chi connectivity index (χ0v) is 13.7. The fourth-order valence-corrected chi connectivity index (χ4v) is 2.35. The van der Waals surface area contributed by atoms with Crippen molar-refractivity contribution in [2.75, 3.05) is 20.1 Å². The number of hydrogen-bond acceptors (Lipinski definition) is 2. The van der Waals surface area contributed by atoms with Gasteiger partial charge < -0.3 is 10.6 Å². The predicted octanol–water partition coefficient (Wildman–Crippen LogP) is 3.52. The first kappa shape index (κ1) is 18.0. The maximum Gasteiger partial charge on any atom is 0.417 e. The molecule has 0 bridgehead atoms. The van der Waals surface area contributed by atoms with Gasteiger partial charge in [-0.05, 0) is 30.2 Å². The Bertz CT molecular complexity index is 529. The molecule has 118 valence electrons. The number of benzene rings is 1. The molecule has 3 nitrogen and oxygen atoms in total. The number of amides is 1. The lowest BCUT2D eigenvalue weighted by atomic mass is 9.93. The Morgan fingerprint density at radius 1 is 1.33 bits per heavy atom. The lowest BCUT2D eigenvalue weighted by molar-refractivity contribution is -0.138. The highest BCUT2D eigenvalue weighted by Crippen LogP contribution is 2.35. The molecule has 1 aromatic rings. The topological polar surface area (TPSA) is 46.3 Å². The van der Waals surface area contributed by atoms with Crippen LogP contribution in [0.4, 0.5) is 13.2 Å². The molecule has 0 saturated heterocycles. The Hall–Kier alpha value is -1.08. The lowest BCUT2D eigenvalue weighted by Gasteiger charge is -2.29. The molecule has 0 unspecified atom stereocenters. The molecule has 1 amide bonds. The van der Waals surface area contributed by atoms with Gasteiger partial charge >= 0.3 is 6.18 Å². The van der Waals surface area contributed by atoms with E-state index in [0.717, 1.165) is 6.07 Å². The third kappa shape index (κ3) is 4.71. The van der Waals surface area contributed by atoms with E-state index in [-0.39, 0.29) is 15.5 Å². The van der Waals surface area contributed by atoms with Gasteiger partial charge in [-0.3, -0.25) is 4.79 Å². The van der Waals surface area contributed by atoms with Crippen LogP contribution < -0.4 is 5.73 Å². The highest BCUT2D eigenvalue weighted by atomic mass is 79.9. The molecule has 0 heterocycles. The van der Waals surface area contributed by atoms with E-state index in [9.17, 15) is 18.0 Å². The quantitative estimate of drug-likeness (QED) is 0.885. The molecule has 21 heavy (non-hydrogen) atoms. The van der Waals surface area contributed by atoms with Crippen LogP contribution in [0.1, 0.15) is 29.8 Å². The van der Waals surface area contributed by atoms with E-state index in [1.54, 1.807) is 7.05 Å². The first-order valence-corrected chi connectivity index (χ1v) is 7.09. The largest absolute Gasteiger partial charge is 0.417 e. The second-order valence-electron chi connectivity index (χ2n) is 5.72. The maximum atomic E-state index is 12.8. The lowest BCUT2D eigenvalue weighted by Crippen LogP contribution is -2.39. The van der Waals surface area contributed by atoms with Crippen molar-refractivity contribution in [2.45, 2.75) is 20.0 Å². The van der Waals surface area contributed by atoms with Crippen molar-refractivity contribution >= 4 is 21.8 Å². The summed E-state index contributed by atoms with van der Waals surface area (Å²) in [7, 11) is 1.55. The second kappa shape index (κ2) is 6.36. The zero-order valence-electron chi connectivity index (χ0n) is 12.1. The normalized spacial score (nSPS) is 12.4. The maximum absolute atomic E-state index is 12.8. The summed E-state index contributed by atoms with van der Waals surface area (Å²) in [5.74, 6) is -0.463. The van der Waals surface area contributed by atoms with E-state index in [2.05, 4.69) is 15.9 Å². The van der Waals surface area contributed by atoms with Crippen molar-refractivity contribution in [3.05, 3.63) is 33.8 Å². The summed E-state index contributed by atoms with van der Waals surface area (Å²) >= 11 is 2.85. The van der Waals surface area contributed by atoms with Gasteiger partial charge in [-0.1, -0.05) is 29.8 Å². The van der Waals surface area contributed by atoms with E-state index in [1.807, 2.05) is 13.8 Å². The first-order valence-electron chi connectivity index (χ1n) is 6.30. The van der Waals surface area contributed by atoms with Crippen molar-refractivity contribution in [3.8, 4) is 0 Å². The van der Waals surface area contributed by atoms with Crippen molar-refractivity contribution < 1.29 is 18.0 Å². The highest BCUT2D eigenvalue weighted by molar-refractivity contribution is 9.10. The Balaban J connectivity index is 3.04. The average Bonchev–Trinajstić information content (AvgIpc) is 2.36. The van der Waals surface area contributed by atoms with Gasteiger partial charge in [0.05, 0.1) is 5.56 Å². The number of hydrogen-bond donors (Lipinski definition) is 1. The molecule has 0 saturated carbocycles. The van der Waals surface area contributed by atoms with E-state index >= 15 is 0 Å². The summed E-state index contributed by atoms with van der Waals surface area (Å²) in [5, 5.41) is 0. The fourth-order valence-electron chi connectivity index (χ4n) is 1.87. The van der Waals surface area contributed by atoms with Crippen LogP contribution in [0.3, 0.4) is 0 Å². The van der Waals surface area contributed by atoms with E-state index in [1.165, 1.54) is 17.0 Å². The smallest absolute Gasteiger partial charge is 0.341 e. The zero-order chi connectivity index (χ0) is 16.4. The number of carbonyl (C=O) groups is 1. The minimum Gasteiger partial charge on any atom is -0.341 e. The predicted molar refractivity (Wildman–Crippen MR) is 78.9 cm³/mol. The summed E-state index contributed by atoms with van der Waals surface area (Å²) < 4.78 is 38.5. The second-order valence-corrected chi connectivity index (χ2v) is 6.58. The van der Waals surface area contributed by atoms with Crippen LogP contribution in [0, 0.1) is 5.41 Å². The molecule has 0 aliphatic rings. The number of nitrogens with zero attached hydrogens (tertiary/aromatic N) is 1. The van der Waals surface area contributed by atoms with E-state index < -0.39 is 17.6 Å². The Labute approximate surface area is 130 Å². The molecule has 0 aliphatic carbocycles. The van der Waals surface area contributed by atoms with Gasteiger partial charge in [-0.25, -0.2) is 0 Å². The molecule has 0 aromatic heterocycles. The van der Waals surface area contributed by atoms with Gasteiger partial charge in [0, 0.05) is 23.6 Å². The van der Waals surface area contributed by atoms with E-state index in [4.69, 9.17) is 5.73 Å². The number of carbonyl (C=O) groups excluding carboxylic acids is 1. The number of nitrogens with two attached hydrogens (primary N) is 1. The highest BCUT2D eigenvalue weighted by Gasteiger charge is 2.34. The minimum atomic E-state index is -4.51. The molecule has 0 aliphatic heterocycles. The number of halogens is 4. The summed E-state index contributed by atoms with van der Waals surface area (Å²) in [6.07, 6.45) is -4.51. The SMILES string of the molecule is CN(CC(C)(C)CN)C(=O)c1ccc(Br)c(C(F)(F)F)c1. The van der Waals surface area contributed by atoms with Crippen LogP contribution in [-0.4, -0.2) is 30.9 Å². The fraction of sp³-hybridized carbons (Fsp3) is 0.500. The van der Waals surface area contributed by atoms with Crippen LogP contribution in [0.2, 0.25) is 0 Å². The van der Waals surface area contributed by atoms with Gasteiger partial charge in [-0.2, -0.15) is 13.2 Å². The van der Waals surface area contributed by atoms with Gasteiger partial charge in [0.1, 0.15) is 0 Å². The van der Waals surface area contributed by atoms with Gasteiger partial charge in [0.25, 0.3) is 5.91 Å². The Morgan fingerprint density at radius 3 is 2.38 bits per heavy atom. The Morgan fingerprint density at radius 2 is 1.90 bits per heavy atom. The molecule has 7 heteroatoms. The van der Waals surface area contributed by atoms with Crippen LogP contribution in [0.15, 0.2) is 22.7 Å². The van der Waals surface area contributed by atoms with Crippen molar-refractivity contribution in [3.63, 3.8) is 0 Å². The molecule has 1 aromatic carbocycles. The molecule has 2 N–H and O–H groups in total. The van der Waals surface area contributed by atoms with Crippen LogP contribution in [-0.2, 0) is 6.18 Å². The number of alkyl halides is 3. The number of rotatable bonds is 4. The van der Waals surface area contributed by atoms with Crippen molar-refractivity contribution in [1.82, 2.24) is 4.90 Å². The summed E-state index contributed by atoms with van der Waals surface area (Å²) in [5.41, 5.74) is 4.44. The molecule has 0 radical (unpaired) electrons. The minimum absolute atomic E-state index is 0.000784. The first-order chi connectivity index (χ1) is 9.48. The van der Waals surface area contributed by atoms with Gasteiger partial charge in [-0.15, -0.1) is 0 Å². The van der Waals surface area contributed by atoms with Crippen molar-refractivity contribution in [1.29, 1.82) is 0 Å². The van der Waals surface area contributed by atoms with E-state index in [0.29, 0.717) is 13.1 Å². The summed E-state index contributed by atoms with van der Waals surface area (Å²) in [6, 6.07) is 3.46. The van der Waals surface area contributed by atoms with Gasteiger partial charge in [0.15, 0.2) is 0 Å². The van der Waals surface area contributed by atoms with Crippen LogP contribution in [0.5, 0.6) is 0 Å². The third-order valence-electron chi connectivity index (χ3n) is 3.08. The summed E-state index contributed by atoms with van der Waals surface area (Å²) in [4.78, 5) is 13.6. The summed E-state index contributed by atoms with van der Waals surface area (Å²) in [6.45, 7) is 4.51. The van der Waals surface area contributed by atoms with Crippen molar-refractivity contribution in [2.24, 2.45) is 11.1 Å². The third-order valence-corrected chi connectivity index (χ3v) is 3.77. The molecule has 0 spiro atoms.